The smallest absolute Gasteiger partial charge is 0.121 e. The third-order valence-corrected chi connectivity index (χ3v) is 1.78. The van der Waals surface area contributed by atoms with Crippen molar-refractivity contribution in [3.05, 3.63) is 35.4 Å². The van der Waals surface area contributed by atoms with Gasteiger partial charge in [-0.1, -0.05) is 18.2 Å². The molecule has 0 aliphatic rings. The Morgan fingerprint density at radius 3 is 2.58 bits per heavy atom. The zero-order chi connectivity index (χ0) is 8.97. The van der Waals surface area contributed by atoms with Crippen LogP contribution in [0, 0.1) is 6.92 Å². The highest BCUT2D eigenvalue weighted by Gasteiger charge is 1.96. The molecule has 0 N–H and O–H groups in total. The average Bonchev–Trinajstić information content (AvgIpc) is 2.05. The number of ether oxygens (including phenoxy) is 1. The van der Waals surface area contributed by atoms with Gasteiger partial charge in [-0.15, -0.1) is 0 Å². The normalized spacial score (nSPS) is 10.6. The summed E-state index contributed by atoms with van der Waals surface area (Å²) in [5, 5.41) is 0. The Kier molecular flexibility index (Phi) is 2.92. The van der Waals surface area contributed by atoms with Crippen molar-refractivity contribution in [2.45, 2.75) is 13.8 Å². The fraction of sp³-hybridized carbons (Fsp3) is 0.273. The monoisotopic (exact) mass is 162 g/mol. The molecule has 64 valence electrons. The molecular formula is C11H14O. The van der Waals surface area contributed by atoms with Crippen molar-refractivity contribution in [2.75, 3.05) is 7.11 Å². The lowest BCUT2D eigenvalue weighted by molar-refractivity contribution is 0.411. The van der Waals surface area contributed by atoms with Gasteiger partial charge in [-0.2, -0.15) is 0 Å². The highest BCUT2D eigenvalue weighted by molar-refractivity contribution is 5.52. The van der Waals surface area contributed by atoms with Gasteiger partial charge in [0.2, 0.25) is 0 Å². The molecule has 0 atom stereocenters. The quantitative estimate of drug-likeness (QED) is 0.649. The van der Waals surface area contributed by atoms with E-state index in [0.29, 0.717) is 0 Å². The molecule has 0 spiro atoms. The lowest BCUT2D eigenvalue weighted by atomic mass is 10.1. The molecule has 12 heavy (non-hydrogen) atoms. The lowest BCUT2D eigenvalue weighted by Crippen LogP contribution is -1.86. The number of hydrogen-bond donors (Lipinski definition) is 0. The van der Waals surface area contributed by atoms with Gasteiger partial charge in [-0.3, -0.25) is 0 Å². The van der Waals surface area contributed by atoms with Crippen LogP contribution in [0.1, 0.15) is 18.1 Å². The van der Waals surface area contributed by atoms with Crippen LogP contribution in [0.25, 0.3) is 6.08 Å². The molecule has 0 bridgehead atoms. The Morgan fingerprint density at radius 1 is 1.33 bits per heavy atom. The molecule has 1 aromatic rings. The van der Waals surface area contributed by atoms with E-state index in [1.807, 2.05) is 32.1 Å². The molecule has 1 rings (SSSR count). The fourth-order valence-corrected chi connectivity index (χ4v) is 1.20. The number of benzene rings is 1. The molecule has 0 saturated carbocycles. The maximum atomic E-state index is 5.15. The summed E-state index contributed by atoms with van der Waals surface area (Å²) >= 11 is 0. The van der Waals surface area contributed by atoms with Crippen LogP contribution in [-0.4, -0.2) is 7.11 Å². The minimum atomic E-state index is 0.947. The molecule has 0 saturated heterocycles. The van der Waals surface area contributed by atoms with E-state index < -0.39 is 0 Å². The number of aryl methyl sites for hydroxylation is 1. The molecule has 0 radical (unpaired) electrons. The van der Waals surface area contributed by atoms with Gasteiger partial charge in [-0.05, 0) is 37.1 Å². The van der Waals surface area contributed by atoms with Gasteiger partial charge in [0.1, 0.15) is 5.75 Å². The summed E-state index contributed by atoms with van der Waals surface area (Å²) in [6.07, 6.45) is 4.10. The van der Waals surface area contributed by atoms with Crippen LogP contribution < -0.4 is 4.74 Å². The van der Waals surface area contributed by atoms with Gasteiger partial charge in [0.05, 0.1) is 7.11 Å². The zero-order valence-electron chi connectivity index (χ0n) is 7.79. The second-order valence-corrected chi connectivity index (χ2v) is 2.73. The number of hydrogen-bond acceptors (Lipinski definition) is 1. The van der Waals surface area contributed by atoms with Crippen molar-refractivity contribution < 1.29 is 4.74 Å². The second-order valence-electron chi connectivity index (χ2n) is 2.73. The van der Waals surface area contributed by atoms with Crippen molar-refractivity contribution in [2.24, 2.45) is 0 Å². The van der Waals surface area contributed by atoms with Crippen molar-refractivity contribution in [1.29, 1.82) is 0 Å². The van der Waals surface area contributed by atoms with E-state index in [-0.39, 0.29) is 0 Å². The predicted octanol–water partition coefficient (Wildman–Crippen LogP) is 3.04. The van der Waals surface area contributed by atoms with Crippen LogP contribution in [0.15, 0.2) is 24.3 Å². The molecule has 0 unspecified atom stereocenters. The van der Waals surface area contributed by atoms with Gasteiger partial charge < -0.3 is 4.74 Å². The van der Waals surface area contributed by atoms with Crippen molar-refractivity contribution in [1.82, 2.24) is 0 Å². The Morgan fingerprint density at radius 2 is 2.08 bits per heavy atom. The van der Waals surface area contributed by atoms with Crippen molar-refractivity contribution in [3.8, 4) is 5.75 Å². The minimum Gasteiger partial charge on any atom is -0.496 e. The van der Waals surface area contributed by atoms with Gasteiger partial charge in [-0.25, -0.2) is 0 Å². The third-order valence-electron chi connectivity index (χ3n) is 1.78. The molecule has 0 amide bonds. The predicted molar refractivity (Wildman–Crippen MR) is 52.4 cm³/mol. The van der Waals surface area contributed by atoms with Crippen LogP contribution in [0.5, 0.6) is 5.75 Å². The largest absolute Gasteiger partial charge is 0.496 e. The topological polar surface area (TPSA) is 9.23 Å². The minimum absolute atomic E-state index is 0.947. The molecule has 0 fully saturated rings. The van der Waals surface area contributed by atoms with Gasteiger partial charge in [0.15, 0.2) is 0 Å². The zero-order valence-corrected chi connectivity index (χ0v) is 7.79. The summed E-state index contributed by atoms with van der Waals surface area (Å²) in [4.78, 5) is 0. The van der Waals surface area contributed by atoms with E-state index in [9.17, 15) is 0 Å². The van der Waals surface area contributed by atoms with Crippen LogP contribution in [0.2, 0.25) is 0 Å². The summed E-state index contributed by atoms with van der Waals surface area (Å²) < 4.78 is 5.15. The number of rotatable bonds is 2. The number of methoxy groups -OCH3 is 1. The van der Waals surface area contributed by atoms with E-state index >= 15 is 0 Å². The van der Waals surface area contributed by atoms with Gasteiger partial charge in [0, 0.05) is 0 Å². The van der Waals surface area contributed by atoms with E-state index in [2.05, 4.69) is 12.1 Å². The lowest BCUT2D eigenvalue weighted by Gasteiger charge is -2.04. The Balaban J connectivity index is 3.01. The maximum Gasteiger partial charge on any atom is 0.121 e. The molecule has 0 aliphatic carbocycles. The van der Waals surface area contributed by atoms with E-state index in [0.717, 1.165) is 5.75 Å². The maximum absolute atomic E-state index is 5.15. The van der Waals surface area contributed by atoms with E-state index in [1.54, 1.807) is 7.11 Å². The summed E-state index contributed by atoms with van der Waals surface area (Å²) in [5.41, 5.74) is 2.39. The van der Waals surface area contributed by atoms with Crippen molar-refractivity contribution in [3.63, 3.8) is 0 Å². The van der Waals surface area contributed by atoms with E-state index in [4.69, 9.17) is 4.74 Å². The van der Waals surface area contributed by atoms with Gasteiger partial charge in [0.25, 0.3) is 0 Å². The van der Waals surface area contributed by atoms with Crippen molar-refractivity contribution >= 4 is 6.08 Å². The highest BCUT2D eigenvalue weighted by Crippen LogP contribution is 2.18. The number of allylic oxidation sites excluding steroid dienone is 1. The molecule has 0 aliphatic heterocycles. The van der Waals surface area contributed by atoms with Crippen LogP contribution in [0.3, 0.4) is 0 Å². The molecule has 1 nitrogen and oxygen atoms in total. The molecule has 1 aromatic carbocycles. The first-order chi connectivity index (χ1) is 5.77. The van der Waals surface area contributed by atoms with Gasteiger partial charge >= 0.3 is 0 Å². The summed E-state index contributed by atoms with van der Waals surface area (Å²) in [6, 6.07) is 6.15. The Labute approximate surface area is 73.7 Å². The first-order valence-electron chi connectivity index (χ1n) is 4.05. The molecule has 1 heteroatoms. The molecular weight excluding hydrogens is 148 g/mol. The third kappa shape index (κ3) is 1.88. The van der Waals surface area contributed by atoms with Crippen LogP contribution >= 0.6 is 0 Å². The first-order valence-corrected chi connectivity index (χ1v) is 4.05. The Hall–Kier alpha value is -1.24. The Bertz CT molecular complexity index is 287. The molecule has 0 heterocycles. The summed E-state index contributed by atoms with van der Waals surface area (Å²) in [7, 11) is 1.69. The standard InChI is InChI=1S/C11H14O/c1-4-5-10-6-7-11(12-3)9(2)8-10/h4-8H,1-3H3. The summed E-state index contributed by atoms with van der Waals surface area (Å²) in [5.74, 6) is 0.947. The first kappa shape index (κ1) is 8.85. The van der Waals surface area contributed by atoms with Crippen LogP contribution in [-0.2, 0) is 0 Å². The van der Waals surface area contributed by atoms with Crippen LogP contribution in [0.4, 0.5) is 0 Å². The highest BCUT2D eigenvalue weighted by atomic mass is 16.5. The van der Waals surface area contributed by atoms with E-state index in [1.165, 1.54) is 11.1 Å². The SMILES string of the molecule is CC=Cc1ccc(OC)c(C)c1. The average molecular weight is 162 g/mol. The second kappa shape index (κ2) is 3.96. The summed E-state index contributed by atoms with van der Waals surface area (Å²) in [6.45, 7) is 4.06. The molecule has 0 aromatic heterocycles. The fourth-order valence-electron chi connectivity index (χ4n) is 1.20.